The van der Waals surface area contributed by atoms with Gasteiger partial charge in [-0.1, -0.05) is 26.0 Å². The Hall–Kier alpha value is -2.05. The van der Waals surface area contributed by atoms with E-state index in [4.69, 9.17) is 9.47 Å². The summed E-state index contributed by atoms with van der Waals surface area (Å²) in [5, 5.41) is 0. The lowest BCUT2D eigenvalue weighted by molar-refractivity contribution is 0.406. The van der Waals surface area contributed by atoms with Crippen molar-refractivity contribution in [1.29, 1.82) is 0 Å². The molecule has 2 rings (SSSR count). The van der Waals surface area contributed by atoms with E-state index in [1.54, 1.807) is 39.5 Å². The van der Waals surface area contributed by atoms with Gasteiger partial charge in [0.15, 0.2) is 0 Å². The van der Waals surface area contributed by atoms with Crippen molar-refractivity contribution in [2.75, 3.05) is 21.3 Å². The first-order chi connectivity index (χ1) is 11.8. The Bertz CT molecular complexity index is 831. The summed E-state index contributed by atoms with van der Waals surface area (Å²) < 4.78 is 37.7. The van der Waals surface area contributed by atoms with Crippen molar-refractivity contribution in [3.63, 3.8) is 0 Å². The van der Waals surface area contributed by atoms with Crippen molar-refractivity contribution in [3.05, 3.63) is 53.6 Å². The zero-order valence-electron chi connectivity index (χ0n) is 15.3. The van der Waals surface area contributed by atoms with Crippen LogP contribution >= 0.6 is 0 Å². The summed E-state index contributed by atoms with van der Waals surface area (Å²) in [5.41, 5.74) is 1.74. The highest BCUT2D eigenvalue weighted by atomic mass is 32.2. The van der Waals surface area contributed by atoms with Gasteiger partial charge < -0.3 is 9.47 Å². The summed E-state index contributed by atoms with van der Waals surface area (Å²) in [5.74, 6) is 1.56. The number of methoxy groups -OCH3 is 2. The van der Waals surface area contributed by atoms with Crippen LogP contribution in [0.2, 0.25) is 0 Å². The van der Waals surface area contributed by atoms with Crippen LogP contribution in [0.5, 0.6) is 11.5 Å². The van der Waals surface area contributed by atoms with Gasteiger partial charge in [-0.25, -0.2) is 8.42 Å². The van der Waals surface area contributed by atoms with Crippen LogP contribution in [-0.4, -0.2) is 34.0 Å². The molecule has 0 aromatic heterocycles. The van der Waals surface area contributed by atoms with Crippen molar-refractivity contribution < 1.29 is 17.9 Å². The highest BCUT2D eigenvalue weighted by Gasteiger charge is 2.23. The molecule has 0 spiro atoms. The van der Waals surface area contributed by atoms with Crippen LogP contribution < -0.4 is 9.47 Å². The quantitative estimate of drug-likeness (QED) is 0.753. The van der Waals surface area contributed by atoms with E-state index in [1.807, 2.05) is 38.1 Å². The summed E-state index contributed by atoms with van der Waals surface area (Å²) in [4.78, 5) is 0.266. The van der Waals surface area contributed by atoms with Crippen LogP contribution in [0.3, 0.4) is 0 Å². The molecular weight excluding hydrogens is 338 g/mol. The number of ether oxygens (including phenoxy) is 2. The molecule has 6 heteroatoms. The van der Waals surface area contributed by atoms with Gasteiger partial charge in [0.25, 0.3) is 0 Å². The molecule has 25 heavy (non-hydrogen) atoms. The van der Waals surface area contributed by atoms with Crippen LogP contribution in [0, 0.1) is 0 Å². The number of sulfonamides is 1. The fourth-order valence-corrected chi connectivity index (χ4v) is 3.81. The number of benzene rings is 2. The average molecular weight is 363 g/mol. The van der Waals surface area contributed by atoms with E-state index in [1.165, 1.54) is 4.31 Å². The molecule has 136 valence electrons. The van der Waals surface area contributed by atoms with Gasteiger partial charge in [0.2, 0.25) is 10.0 Å². The van der Waals surface area contributed by atoms with E-state index >= 15 is 0 Å². The maximum Gasteiger partial charge on any atom is 0.243 e. The summed E-state index contributed by atoms with van der Waals surface area (Å²) in [6.07, 6.45) is 0. The van der Waals surface area contributed by atoms with Gasteiger partial charge in [-0.2, -0.15) is 4.31 Å². The predicted molar refractivity (Wildman–Crippen MR) is 98.7 cm³/mol. The lowest BCUT2D eigenvalue weighted by Crippen LogP contribution is -2.26. The van der Waals surface area contributed by atoms with E-state index in [0.29, 0.717) is 11.5 Å². The van der Waals surface area contributed by atoms with E-state index in [-0.39, 0.29) is 17.4 Å². The van der Waals surface area contributed by atoms with E-state index in [9.17, 15) is 8.42 Å². The third-order valence-corrected chi connectivity index (χ3v) is 5.87. The van der Waals surface area contributed by atoms with Crippen molar-refractivity contribution in [1.82, 2.24) is 4.31 Å². The highest BCUT2D eigenvalue weighted by molar-refractivity contribution is 7.89. The topological polar surface area (TPSA) is 55.8 Å². The zero-order chi connectivity index (χ0) is 18.6. The molecule has 0 radical (unpaired) electrons. The maximum absolute atomic E-state index is 12.9. The number of hydrogen-bond donors (Lipinski definition) is 0. The maximum atomic E-state index is 12.9. The molecule has 0 aliphatic heterocycles. The van der Waals surface area contributed by atoms with Crippen LogP contribution in [0.1, 0.15) is 30.9 Å². The van der Waals surface area contributed by atoms with Crippen molar-refractivity contribution in [2.24, 2.45) is 0 Å². The van der Waals surface area contributed by atoms with Crippen LogP contribution in [0.15, 0.2) is 47.4 Å². The first kappa shape index (κ1) is 19.3. The minimum Gasteiger partial charge on any atom is -0.497 e. The second kappa shape index (κ2) is 7.89. The van der Waals surface area contributed by atoms with Gasteiger partial charge in [-0.05, 0) is 47.4 Å². The van der Waals surface area contributed by atoms with Crippen molar-refractivity contribution in [2.45, 2.75) is 31.2 Å². The molecule has 0 aliphatic rings. The molecule has 0 N–H and O–H groups in total. The number of nitrogens with zero attached hydrogens (tertiary/aromatic N) is 1. The highest BCUT2D eigenvalue weighted by Crippen LogP contribution is 2.30. The summed E-state index contributed by atoms with van der Waals surface area (Å²) in [6.45, 7) is 4.28. The second-order valence-electron chi connectivity index (χ2n) is 6.17. The Balaban J connectivity index is 2.32. The molecule has 0 atom stereocenters. The lowest BCUT2D eigenvalue weighted by atomic mass is 10.0. The molecule has 0 saturated heterocycles. The first-order valence-corrected chi connectivity index (χ1v) is 9.50. The third kappa shape index (κ3) is 4.32. The normalized spacial score (nSPS) is 11.8. The Kier molecular flexibility index (Phi) is 6.08. The Labute approximate surface area is 150 Å². The number of rotatable bonds is 7. The third-order valence-electron chi connectivity index (χ3n) is 4.07. The van der Waals surface area contributed by atoms with Gasteiger partial charge in [0.05, 0.1) is 19.1 Å². The summed E-state index contributed by atoms with van der Waals surface area (Å²) in [7, 11) is 1.15. The van der Waals surface area contributed by atoms with Crippen LogP contribution in [0.25, 0.3) is 0 Å². The average Bonchev–Trinajstić information content (AvgIpc) is 2.61. The molecule has 0 heterocycles. The minimum atomic E-state index is -3.60. The molecule has 0 amide bonds. The fraction of sp³-hybridized carbons (Fsp3) is 0.368. The van der Waals surface area contributed by atoms with Gasteiger partial charge >= 0.3 is 0 Å². The molecule has 0 bridgehead atoms. The van der Waals surface area contributed by atoms with Crippen molar-refractivity contribution >= 4 is 10.0 Å². The molecule has 0 saturated carbocycles. The Morgan fingerprint density at radius 3 is 2.36 bits per heavy atom. The van der Waals surface area contributed by atoms with Crippen LogP contribution in [0.4, 0.5) is 0 Å². The van der Waals surface area contributed by atoms with Gasteiger partial charge in [-0.15, -0.1) is 0 Å². The largest absolute Gasteiger partial charge is 0.497 e. The van der Waals surface area contributed by atoms with E-state index in [0.717, 1.165) is 11.1 Å². The molecule has 5 nitrogen and oxygen atoms in total. The van der Waals surface area contributed by atoms with Gasteiger partial charge in [0.1, 0.15) is 11.5 Å². The van der Waals surface area contributed by atoms with E-state index < -0.39 is 10.0 Å². The molecule has 0 unspecified atom stereocenters. The molecule has 0 aliphatic carbocycles. The van der Waals surface area contributed by atoms with Gasteiger partial charge in [0, 0.05) is 13.6 Å². The smallest absolute Gasteiger partial charge is 0.243 e. The molecule has 2 aromatic carbocycles. The number of hydrogen-bond acceptors (Lipinski definition) is 4. The van der Waals surface area contributed by atoms with Crippen molar-refractivity contribution in [3.8, 4) is 11.5 Å². The molecular formula is C19H25NO4S. The monoisotopic (exact) mass is 363 g/mol. The lowest BCUT2D eigenvalue weighted by Gasteiger charge is -2.19. The van der Waals surface area contributed by atoms with E-state index in [2.05, 4.69) is 0 Å². The summed E-state index contributed by atoms with van der Waals surface area (Å²) >= 11 is 0. The minimum absolute atomic E-state index is 0.161. The first-order valence-electron chi connectivity index (χ1n) is 8.06. The second-order valence-corrected chi connectivity index (χ2v) is 8.22. The zero-order valence-corrected chi connectivity index (χ0v) is 16.1. The summed E-state index contributed by atoms with van der Waals surface area (Å²) in [6, 6.07) is 12.4. The molecule has 2 aromatic rings. The fourth-order valence-electron chi connectivity index (χ4n) is 2.62. The molecule has 0 fully saturated rings. The Morgan fingerprint density at radius 1 is 1.04 bits per heavy atom. The SMILES string of the molecule is COc1cccc(CN(C)S(=O)(=O)c2ccc(OC)c(C(C)C)c2)c1. The van der Waals surface area contributed by atoms with Crippen LogP contribution in [-0.2, 0) is 16.6 Å². The van der Waals surface area contributed by atoms with Gasteiger partial charge in [-0.3, -0.25) is 0 Å². The Morgan fingerprint density at radius 2 is 1.76 bits per heavy atom. The standard InChI is InChI=1S/C19H25NO4S/c1-14(2)18-12-17(9-10-19(18)24-5)25(21,22)20(3)13-15-7-6-8-16(11-15)23-4/h6-12,14H,13H2,1-5H3. The predicted octanol–water partition coefficient (Wildman–Crippen LogP) is 3.65.